The summed E-state index contributed by atoms with van der Waals surface area (Å²) < 4.78 is 21.8. The molecule has 0 aliphatic carbocycles. The Morgan fingerprint density at radius 1 is 1.00 bits per heavy atom. The quantitative estimate of drug-likeness (QED) is 0.580. The molecule has 1 atom stereocenters. The molecule has 7 nitrogen and oxygen atoms in total. The predicted molar refractivity (Wildman–Crippen MR) is 115 cm³/mol. The fourth-order valence-electron chi connectivity index (χ4n) is 2.67. The Kier molecular flexibility index (Phi) is 8.53. The lowest BCUT2D eigenvalue weighted by Gasteiger charge is -2.16. The van der Waals surface area contributed by atoms with Crippen LogP contribution in [-0.4, -0.2) is 38.3 Å². The van der Waals surface area contributed by atoms with E-state index in [1.165, 1.54) is 14.0 Å². The van der Waals surface area contributed by atoms with E-state index in [1.54, 1.807) is 30.3 Å². The number of hydrogen-bond acceptors (Lipinski definition) is 6. The third-order valence-corrected chi connectivity index (χ3v) is 4.21. The molecule has 0 saturated heterocycles. The highest BCUT2D eigenvalue weighted by molar-refractivity contribution is 5.98. The van der Waals surface area contributed by atoms with E-state index in [9.17, 15) is 9.59 Å². The zero-order valence-corrected chi connectivity index (χ0v) is 18.1. The number of rotatable bonds is 10. The molecule has 0 fully saturated rings. The molecule has 0 aliphatic rings. The van der Waals surface area contributed by atoms with Gasteiger partial charge in [-0.3, -0.25) is 4.79 Å². The second-order valence-corrected chi connectivity index (χ2v) is 6.68. The average molecular weight is 415 g/mol. The van der Waals surface area contributed by atoms with Gasteiger partial charge in [-0.1, -0.05) is 13.0 Å². The van der Waals surface area contributed by atoms with Gasteiger partial charge in [0.05, 0.1) is 31.6 Å². The first-order chi connectivity index (χ1) is 14.4. The zero-order valence-electron chi connectivity index (χ0n) is 18.1. The number of benzene rings is 2. The summed E-state index contributed by atoms with van der Waals surface area (Å²) in [5.41, 5.74) is 1.75. The van der Waals surface area contributed by atoms with E-state index in [0.29, 0.717) is 36.1 Å². The SMILES string of the molecule is CCCOc1ccc(C(=O)O[C@@H](C)C(=O)Nc2cc(C)ccc2OC)cc1OCC. The molecule has 0 radical (unpaired) electrons. The Morgan fingerprint density at radius 3 is 2.40 bits per heavy atom. The molecular formula is C23H29NO6. The molecule has 1 amide bonds. The Bertz CT molecular complexity index is 880. The number of esters is 1. The van der Waals surface area contributed by atoms with Crippen molar-refractivity contribution in [2.75, 3.05) is 25.6 Å². The van der Waals surface area contributed by atoms with Crippen molar-refractivity contribution in [3.63, 3.8) is 0 Å². The van der Waals surface area contributed by atoms with E-state index in [4.69, 9.17) is 18.9 Å². The third-order valence-electron chi connectivity index (χ3n) is 4.21. The van der Waals surface area contributed by atoms with E-state index in [0.717, 1.165) is 12.0 Å². The highest BCUT2D eigenvalue weighted by Gasteiger charge is 2.21. The van der Waals surface area contributed by atoms with Gasteiger partial charge in [0, 0.05) is 0 Å². The van der Waals surface area contributed by atoms with Crippen LogP contribution in [0, 0.1) is 6.92 Å². The molecule has 162 valence electrons. The van der Waals surface area contributed by atoms with Crippen molar-refractivity contribution >= 4 is 17.6 Å². The molecule has 0 heterocycles. The largest absolute Gasteiger partial charge is 0.495 e. The summed E-state index contributed by atoms with van der Waals surface area (Å²) >= 11 is 0. The smallest absolute Gasteiger partial charge is 0.339 e. The molecule has 2 rings (SSSR count). The second-order valence-electron chi connectivity index (χ2n) is 6.68. The van der Waals surface area contributed by atoms with E-state index in [-0.39, 0.29) is 5.56 Å². The van der Waals surface area contributed by atoms with Gasteiger partial charge in [-0.2, -0.15) is 0 Å². The second kappa shape index (κ2) is 11.1. The van der Waals surface area contributed by atoms with Gasteiger partial charge < -0.3 is 24.3 Å². The van der Waals surface area contributed by atoms with Gasteiger partial charge in [-0.25, -0.2) is 4.79 Å². The van der Waals surface area contributed by atoms with Gasteiger partial charge in [0.15, 0.2) is 17.6 Å². The van der Waals surface area contributed by atoms with E-state index >= 15 is 0 Å². The summed E-state index contributed by atoms with van der Waals surface area (Å²) in [4.78, 5) is 25.1. The summed E-state index contributed by atoms with van der Waals surface area (Å²) in [7, 11) is 1.52. The van der Waals surface area contributed by atoms with Crippen LogP contribution in [0.3, 0.4) is 0 Å². The molecule has 7 heteroatoms. The first-order valence-corrected chi connectivity index (χ1v) is 9.95. The van der Waals surface area contributed by atoms with Crippen LogP contribution in [0.15, 0.2) is 36.4 Å². The number of carbonyl (C=O) groups is 2. The third kappa shape index (κ3) is 6.14. The minimum absolute atomic E-state index is 0.273. The van der Waals surface area contributed by atoms with Gasteiger partial charge in [0.25, 0.3) is 5.91 Å². The van der Waals surface area contributed by atoms with Gasteiger partial charge in [-0.15, -0.1) is 0 Å². The Morgan fingerprint density at radius 2 is 1.73 bits per heavy atom. The van der Waals surface area contributed by atoms with Crippen molar-refractivity contribution in [3.8, 4) is 17.2 Å². The number of amides is 1. The minimum Gasteiger partial charge on any atom is -0.495 e. The molecule has 0 saturated carbocycles. The molecule has 0 unspecified atom stereocenters. The fraction of sp³-hybridized carbons (Fsp3) is 0.391. The molecule has 0 bridgehead atoms. The summed E-state index contributed by atoms with van der Waals surface area (Å²) in [6.07, 6.45) is -0.150. The van der Waals surface area contributed by atoms with Crippen LogP contribution in [0.2, 0.25) is 0 Å². The van der Waals surface area contributed by atoms with Crippen LogP contribution in [-0.2, 0) is 9.53 Å². The number of ether oxygens (including phenoxy) is 4. The van der Waals surface area contributed by atoms with Crippen molar-refractivity contribution in [2.24, 2.45) is 0 Å². The maximum absolute atomic E-state index is 12.5. The Hall–Kier alpha value is -3.22. The summed E-state index contributed by atoms with van der Waals surface area (Å²) in [6, 6.07) is 10.2. The first-order valence-electron chi connectivity index (χ1n) is 9.95. The highest BCUT2D eigenvalue weighted by Crippen LogP contribution is 2.29. The number of hydrogen-bond donors (Lipinski definition) is 1. The van der Waals surface area contributed by atoms with Crippen LogP contribution in [0.4, 0.5) is 5.69 Å². The standard InChI is InChI=1S/C23H29NO6/c1-6-12-29-20-11-9-17(14-21(20)28-7-2)23(26)30-16(4)22(25)24-18-13-15(3)8-10-19(18)27-5/h8-11,13-14,16H,6-7,12H2,1-5H3,(H,24,25)/t16-/m0/s1. The van der Waals surface area contributed by atoms with Gasteiger partial charge in [-0.05, 0) is 63.1 Å². The number of carbonyl (C=O) groups excluding carboxylic acids is 2. The van der Waals surface area contributed by atoms with Gasteiger partial charge in [0.1, 0.15) is 5.75 Å². The van der Waals surface area contributed by atoms with Gasteiger partial charge >= 0.3 is 5.97 Å². The molecule has 0 aliphatic heterocycles. The number of methoxy groups -OCH3 is 1. The monoisotopic (exact) mass is 415 g/mol. The lowest BCUT2D eigenvalue weighted by molar-refractivity contribution is -0.123. The van der Waals surface area contributed by atoms with Gasteiger partial charge in [0.2, 0.25) is 0 Å². The van der Waals surface area contributed by atoms with Crippen LogP contribution < -0.4 is 19.5 Å². The minimum atomic E-state index is -1.01. The zero-order chi connectivity index (χ0) is 22.1. The molecule has 1 N–H and O–H groups in total. The summed E-state index contributed by atoms with van der Waals surface area (Å²) in [5.74, 6) is 0.461. The Labute approximate surface area is 177 Å². The predicted octanol–water partition coefficient (Wildman–Crippen LogP) is 4.38. The molecule has 0 spiro atoms. The summed E-state index contributed by atoms with van der Waals surface area (Å²) in [6.45, 7) is 8.24. The first kappa shape index (κ1) is 23.1. The molecule has 2 aromatic rings. The normalized spacial score (nSPS) is 11.4. The van der Waals surface area contributed by atoms with Crippen molar-refractivity contribution in [1.82, 2.24) is 0 Å². The number of nitrogens with one attached hydrogen (secondary N) is 1. The van der Waals surface area contributed by atoms with Crippen molar-refractivity contribution in [2.45, 2.75) is 40.2 Å². The topological polar surface area (TPSA) is 83.1 Å². The molecule has 2 aromatic carbocycles. The fourth-order valence-corrected chi connectivity index (χ4v) is 2.67. The van der Waals surface area contributed by atoms with Crippen molar-refractivity contribution < 1.29 is 28.5 Å². The van der Waals surface area contributed by atoms with Crippen LogP contribution in [0.25, 0.3) is 0 Å². The maximum Gasteiger partial charge on any atom is 0.339 e. The summed E-state index contributed by atoms with van der Waals surface area (Å²) in [5, 5.41) is 2.74. The Balaban J connectivity index is 2.08. The molecule has 30 heavy (non-hydrogen) atoms. The average Bonchev–Trinajstić information content (AvgIpc) is 2.73. The number of anilines is 1. The van der Waals surface area contributed by atoms with Crippen LogP contribution in [0.1, 0.15) is 43.1 Å². The lowest BCUT2D eigenvalue weighted by atomic mass is 10.2. The molecular weight excluding hydrogens is 386 g/mol. The van der Waals surface area contributed by atoms with Crippen LogP contribution in [0.5, 0.6) is 17.2 Å². The highest BCUT2D eigenvalue weighted by atomic mass is 16.5. The van der Waals surface area contributed by atoms with E-state index < -0.39 is 18.0 Å². The van der Waals surface area contributed by atoms with Crippen LogP contribution >= 0.6 is 0 Å². The molecule has 0 aromatic heterocycles. The lowest BCUT2D eigenvalue weighted by Crippen LogP contribution is -2.30. The van der Waals surface area contributed by atoms with Crippen molar-refractivity contribution in [3.05, 3.63) is 47.5 Å². The van der Waals surface area contributed by atoms with E-state index in [1.807, 2.05) is 26.8 Å². The maximum atomic E-state index is 12.5. The number of aryl methyl sites for hydroxylation is 1. The van der Waals surface area contributed by atoms with E-state index in [2.05, 4.69) is 5.32 Å². The van der Waals surface area contributed by atoms with Crippen molar-refractivity contribution in [1.29, 1.82) is 0 Å².